The molecule has 1 amide bonds. The van der Waals surface area contributed by atoms with Gasteiger partial charge in [0.05, 0.1) is 12.2 Å². The quantitative estimate of drug-likeness (QED) is 0.780. The van der Waals surface area contributed by atoms with Gasteiger partial charge in [-0.25, -0.2) is 4.98 Å². The maximum absolute atomic E-state index is 12.6. The molecule has 0 aliphatic carbocycles. The van der Waals surface area contributed by atoms with Crippen LogP contribution >= 0.6 is 11.8 Å². The Balaban J connectivity index is 3.04. The van der Waals surface area contributed by atoms with Crippen molar-refractivity contribution in [2.24, 2.45) is 0 Å². The minimum Gasteiger partial charge on any atom is -0.395 e. The predicted molar refractivity (Wildman–Crippen MR) is 78.5 cm³/mol. The first kappa shape index (κ1) is 16.0. The van der Waals surface area contributed by atoms with Gasteiger partial charge in [-0.1, -0.05) is 13.8 Å². The van der Waals surface area contributed by atoms with Crippen LogP contribution in [0.25, 0.3) is 0 Å². The molecule has 0 saturated carbocycles. The van der Waals surface area contributed by atoms with Crippen LogP contribution in [-0.2, 0) is 0 Å². The third-order valence-electron chi connectivity index (χ3n) is 3.18. The van der Waals surface area contributed by atoms with Gasteiger partial charge in [-0.15, -0.1) is 11.8 Å². The van der Waals surface area contributed by atoms with Crippen molar-refractivity contribution in [1.82, 2.24) is 9.88 Å². The lowest BCUT2D eigenvalue weighted by Gasteiger charge is -2.30. The summed E-state index contributed by atoms with van der Waals surface area (Å²) in [5, 5.41) is 9.92. The smallest absolute Gasteiger partial charge is 0.256 e. The minimum absolute atomic E-state index is 0.0168. The largest absolute Gasteiger partial charge is 0.395 e. The topological polar surface area (TPSA) is 53.4 Å². The van der Waals surface area contributed by atoms with E-state index in [1.165, 1.54) is 11.8 Å². The Bertz CT molecular complexity index is 408. The molecule has 0 fully saturated rings. The highest BCUT2D eigenvalue weighted by atomic mass is 32.2. The molecule has 0 radical (unpaired) electrons. The lowest BCUT2D eigenvalue weighted by Crippen LogP contribution is -2.41. The number of aliphatic hydroxyl groups excluding tert-OH is 1. The number of carbonyl (C=O) groups is 1. The molecule has 0 bridgehead atoms. The van der Waals surface area contributed by atoms with Crippen molar-refractivity contribution in [3.63, 3.8) is 0 Å². The van der Waals surface area contributed by atoms with Crippen LogP contribution in [0, 0.1) is 0 Å². The van der Waals surface area contributed by atoms with Crippen LogP contribution in [0.3, 0.4) is 0 Å². The number of pyridine rings is 1. The standard InChI is InChI=1S/C14H22N2O2S/c1-4-11(5-2)16(9-10-17)14(18)12-7-6-8-15-13(12)19-3/h6-8,11,17H,4-5,9-10H2,1-3H3. The highest BCUT2D eigenvalue weighted by molar-refractivity contribution is 7.98. The summed E-state index contributed by atoms with van der Waals surface area (Å²) in [6.45, 7) is 4.47. The van der Waals surface area contributed by atoms with E-state index in [1.54, 1.807) is 23.2 Å². The number of nitrogens with zero attached hydrogens (tertiary/aromatic N) is 2. The molecule has 0 unspecified atom stereocenters. The average Bonchev–Trinajstić information content (AvgIpc) is 2.46. The van der Waals surface area contributed by atoms with Gasteiger partial charge in [0.25, 0.3) is 5.91 Å². The Labute approximate surface area is 119 Å². The Morgan fingerprint density at radius 1 is 1.47 bits per heavy atom. The van der Waals surface area contributed by atoms with E-state index in [1.807, 2.05) is 6.26 Å². The summed E-state index contributed by atoms with van der Waals surface area (Å²) in [6, 6.07) is 3.74. The summed E-state index contributed by atoms with van der Waals surface area (Å²) in [6.07, 6.45) is 5.37. The molecule has 1 rings (SSSR count). The lowest BCUT2D eigenvalue weighted by atomic mass is 10.1. The highest BCUT2D eigenvalue weighted by Gasteiger charge is 2.24. The van der Waals surface area contributed by atoms with Crippen LogP contribution < -0.4 is 0 Å². The van der Waals surface area contributed by atoms with E-state index in [0.29, 0.717) is 12.1 Å². The molecule has 0 spiro atoms. The molecule has 0 aromatic carbocycles. The number of carbonyl (C=O) groups excluding carboxylic acids is 1. The van der Waals surface area contributed by atoms with Crippen molar-refractivity contribution in [2.75, 3.05) is 19.4 Å². The summed E-state index contributed by atoms with van der Waals surface area (Å²) in [5.74, 6) is -0.0415. The van der Waals surface area contributed by atoms with E-state index in [0.717, 1.165) is 17.9 Å². The molecule has 0 aliphatic heterocycles. The molecular weight excluding hydrogens is 260 g/mol. The number of aliphatic hydroxyl groups is 1. The molecule has 0 aliphatic rings. The number of thioether (sulfide) groups is 1. The Kier molecular flexibility index (Phi) is 6.87. The maximum Gasteiger partial charge on any atom is 0.256 e. The second kappa shape index (κ2) is 8.17. The fourth-order valence-corrected chi connectivity index (χ4v) is 2.70. The molecule has 4 nitrogen and oxygen atoms in total. The van der Waals surface area contributed by atoms with Gasteiger partial charge in [0.2, 0.25) is 0 Å². The van der Waals surface area contributed by atoms with Gasteiger partial charge >= 0.3 is 0 Å². The molecule has 1 aromatic heterocycles. The third-order valence-corrected chi connectivity index (χ3v) is 3.89. The zero-order valence-corrected chi connectivity index (χ0v) is 12.6. The summed E-state index contributed by atoms with van der Waals surface area (Å²) in [7, 11) is 0. The third kappa shape index (κ3) is 3.94. The molecule has 0 atom stereocenters. The van der Waals surface area contributed by atoms with Crippen molar-refractivity contribution in [3.8, 4) is 0 Å². The van der Waals surface area contributed by atoms with Crippen molar-refractivity contribution < 1.29 is 9.90 Å². The summed E-state index contributed by atoms with van der Waals surface area (Å²) >= 11 is 1.47. The second-order valence-electron chi connectivity index (χ2n) is 4.25. The van der Waals surface area contributed by atoms with Crippen molar-refractivity contribution >= 4 is 17.7 Å². The van der Waals surface area contributed by atoms with Crippen LogP contribution in [0.4, 0.5) is 0 Å². The lowest BCUT2D eigenvalue weighted by molar-refractivity contribution is 0.0618. The van der Waals surface area contributed by atoms with Gasteiger partial charge in [0, 0.05) is 18.8 Å². The van der Waals surface area contributed by atoms with E-state index < -0.39 is 0 Å². The van der Waals surface area contributed by atoms with Crippen molar-refractivity contribution in [1.29, 1.82) is 0 Å². The summed E-state index contributed by atoms with van der Waals surface area (Å²) in [5.41, 5.74) is 0.621. The number of hydrogen-bond donors (Lipinski definition) is 1. The van der Waals surface area contributed by atoms with E-state index in [2.05, 4.69) is 18.8 Å². The van der Waals surface area contributed by atoms with E-state index in [-0.39, 0.29) is 18.6 Å². The second-order valence-corrected chi connectivity index (χ2v) is 5.05. The summed E-state index contributed by atoms with van der Waals surface area (Å²) < 4.78 is 0. The normalized spacial score (nSPS) is 10.8. The van der Waals surface area contributed by atoms with Gasteiger partial charge < -0.3 is 10.0 Å². The zero-order valence-electron chi connectivity index (χ0n) is 11.8. The zero-order chi connectivity index (χ0) is 14.3. The Hall–Kier alpha value is -1.07. The number of hydrogen-bond acceptors (Lipinski definition) is 4. The number of amides is 1. The van der Waals surface area contributed by atoms with E-state index >= 15 is 0 Å². The van der Waals surface area contributed by atoms with Crippen LogP contribution in [0.1, 0.15) is 37.0 Å². The van der Waals surface area contributed by atoms with Crippen molar-refractivity contribution in [2.45, 2.75) is 37.8 Å². The molecule has 0 saturated heterocycles. The minimum atomic E-state index is -0.0415. The fourth-order valence-electron chi connectivity index (χ4n) is 2.16. The average molecular weight is 282 g/mol. The molecule has 19 heavy (non-hydrogen) atoms. The van der Waals surface area contributed by atoms with Gasteiger partial charge in [-0.05, 0) is 31.2 Å². The SMILES string of the molecule is CCC(CC)N(CCO)C(=O)c1cccnc1SC. The number of rotatable bonds is 7. The monoisotopic (exact) mass is 282 g/mol. The maximum atomic E-state index is 12.6. The van der Waals surface area contributed by atoms with Crippen LogP contribution in [0.2, 0.25) is 0 Å². The molecular formula is C14H22N2O2S. The van der Waals surface area contributed by atoms with Crippen molar-refractivity contribution in [3.05, 3.63) is 23.9 Å². The molecule has 1 aromatic rings. The van der Waals surface area contributed by atoms with E-state index in [4.69, 9.17) is 0 Å². The molecule has 1 heterocycles. The first-order chi connectivity index (χ1) is 9.19. The predicted octanol–water partition coefficient (Wildman–Crippen LogP) is 2.43. The Morgan fingerprint density at radius 3 is 2.68 bits per heavy atom. The molecule has 106 valence electrons. The molecule has 5 heteroatoms. The Morgan fingerprint density at radius 2 is 2.16 bits per heavy atom. The van der Waals surface area contributed by atoms with Crippen LogP contribution in [0.5, 0.6) is 0 Å². The van der Waals surface area contributed by atoms with Gasteiger partial charge in [-0.3, -0.25) is 4.79 Å². The van der Waals surface area contributed by atoms with Gasteiger partial charge in [0.1, 0.15) is 5.03 Å². The van der Waals surface area contributed by atoms with E-state index in [9.17, 15) is 9.90 Å². The first-order valence-corrected chi connectivity index (χ1v) is 7.82. The van der Waals surface area contributed by atoms with Gasteiger partial charge in [-0.2, -0.15) is 0 Å². The highest BCUT2D eigenvalue weighted by Crippen LogP contribution is 2.21. The first-order valence-electron chi connectivity index (χ1n) is 6.60. The van der Waals surface area contributed by atoms with Crippen LogP contribution in [-0.4, -0.2) is 46.3 Å². The fraction of sp³-hybridized carbons (Fsp3) is 0.571. The van der Waals surface area contributed by atoms with Gasteiger partial charge in [0.15, 0.2) is 0 Å². The summed E-state index contributed by atoms with van der Waals surface area (Å²) in [4.78, 5) is 18.6. The molecule has 1 N–H and O–H groups in total. The van der Waals surface area contributed by atoms with Crippen LogP contribution in [0.15, 0.2) is 23.4 Å². The number of aromatic nitrogens is 1.